The molecule has 0 aromatic heterocycles. The highest BCUT2D eigenvalue weighted by molar-refractivity contribution is 5.46. The Morgan fingerprint density at radius 2 is 1.65 bits per heavy atom. The Kier molecular flexibility index (Phi) is 4.09. The maximum atomic E-state index is 14.2. The van der Waals surface area contributed by atoms with E-state index in [1.54, 1.807) is 26.2 Å². The summed E-state index contributed by atoms with van der Waals surface area (Å²) in [6, 6.07) is 8.75. The molecule has 0 amide bonds. The van der Waals surface area contributed by atoms with Gasteiger partial charge in [-0.2, -0.15) is 0 Å². The van der Waals surface area contributed by atoms with Gasteiger partial charge in [-0.3, -0.25) is 0 Å². The van der Waals surface area contributed by atoms with Crippen molar-refractivity contribution >= 4 is 0 Å². The Bertz CT molecular complexity index is 614. The first-order chi connectivity index (χ1) is 9.45. The molecule has 3 heteroatoms. The molecule has 1 atom stereocenters. The molecule has 0 bridgehead atoms. The number of methoxy groups -OCH3 is 1. The maximum Gasteiger partial charge on any atom is 0.131 e. The molecular formula is C17H20FNO. The van der Waals surface area contributed by atoms with Crippen LogP contribution in [-0.2, 0) is 0 Å². The van der Waals surface area contributed by atoms with E-state index in [0.29, 0.717) is 11.1 Å². The number of ether oxygens (including phenoxy) is 1. The van der Waals surface area contributed by atoms with Gasteiger partial charge < -0.3 is 10.5 Å². The second-order valence-corrected chi connectivity index (χ2v) is 5.14. The molecule has 0 spiro atoms. The van der Waals surface area contributed by atoms with Gasteiger partial charge in [-0.05, 0) is 43.0 Å². The van der Waals surface area contributed by atoms with E-state index in [-0.39, 0.29) is 5.82 Å². The van der Waals surface area contributed by atoms with E-state index in [4.69, 9.17) is 10.5 Å². The molecule has 0 aliphatic heterocycles. The van der Waals surface area contributed by atoms with Crippen LogP contribution in [0.1, 0.15) is 33.9 Å². The highest BCUT2D eigenvalue weighted by Crippen LogP contribution is 2.30. The van der Waals surface area contributed by atoms with E-state index >= 15 is 0 Å². The summed E-state index contributed by atoms with van der Waals surface area (Å²) in [5, 5.41) is 0. The van der Waals surface area contributed by atoms with E-state index in [9.17, 15) is 4.39 Å². The minimum atomic E-state index is -0.474. The third-order valence-electron chi connectivity index (χ3n) is 3.60. The molecule has 0 aliphatic rings. The lowest BCUT2D eigenvalue weighted by molar-refractivity contribution is 0.408. The first-order valence-corrected chi connectivity index (χ1v) is 6.61. The molecule has 0 aliphatic carbocycles. The number of nitrogens with two attached hydrogens (primary N) is 1. The molecule has 0 radical (unpaired) electrons. The molecular weight excluding hydrogens is 253 g/mol. The number of rotatable bonds is 3. The molecule has 106 valence electrons. The molecule has 2 nitrogen and oxygen atoms in total. The summed E-state index contributed by atoms with van der Waals surface area (Å²) in [6.45, 7) is 5.68. The standard InChI is InChI=1S/C17H20FNO/c1-10-6-5-7-14(15(10)18)16(19)13-8-11(2)17(20-4)12(3)9-13/h5-9,16H,19H2,1-4H3. The van der Waals surface area contributed by atoms with Crippen LogP contribution in [0, 0.1) is 26.6 Å². The number of hydrogen-bond acceptors (Lipinski definition) is 2. The van der Waals surface area contributed by atoms with E-state index < -0.39 is 6.04 Å². The molecule has 0 saturated heterocycles. The summed E-state index contributed by atoms with van der Waals surface area (Å²) in [7, 11) is 1.65. The summed E-state index contributed by atoms with van der Waals surface area (Å²) in [5.74, 6) is 0.622. The van der Waals surface area contributed by atoms with Crippen molar-refractivity contribution in [3.8, 4) is 5.75 Å². The van der Waals surface area contributed by atoms with E-state index in [0.717, 1.165) is 22.4 Å². The number of hydrogen-bond donors (Lipinski definition) is 1. The minimum absolute atomic E-state index is 0.230. The molecule has 2 aromatic carbocycles. The highest BCUT2D eigenvalue weighted by atomic mass is 19.1. The highest BCUT2D eigenvalue weighted by Gasteiger charge is 2.17. The second kappa shape index (κ2) is 5.63. The SMILES string of the molecule is COc1c(C)cc(C(N)c2cccc(C)c2F)cc1C. The monoisotopic (exact) mass is 273 g/mol. The van der Waals surface area contributed by atoms with Crippen molar-refractivity contribution in [1.29, 1.82) is 0 Å². The Hall–Kier alpha value is -1.87. The number of aryl methyl sites for hydroxylation is 3. The van der Waals surface area contributed by atoms with Gasteiger partial charge in [0, 0.05) is 5.56 Å². The molecule has 0 heterocycles. The zero-order chi connectivity index (χ0) is 14.9. The molecule has 1 unspecified atom stereocenters. The predicted octanol–water partition coefficient (Wildman–Crippen LogP) is 3.81. The smallest absolute Gasteiger partial charge is 0.131 e. The largest absolute Gasteiger partial charge is 0.496 e. The lowest BCUT2D eigenvalue weighted by atomic mass is 9.94. The van der Waals surface area contributed by atoms with Crippen molar-refractivity contribution in [1.82, 2.24) is 0 Å². The van der Waals surface area contributed by atoms with Crippen LogP contribution in [-0.4, -0.2) is 7.11 Å². The quantitative estimate of drug-likeness (QED) is 0.923. The van der Waals surface area contributed by atoms with Gasteiger partial charge in [0.25, 0.3) is 0 Å². The van der Waals surface area contributed by atoms with Crippen LogP contribution in [0.15, 0.2) is 30.3 Å². The topological polar surface area (TPSA) is 35.2 Å². The summed E-state index contributed by atoms with van der Waals surface area (Å²) < 4.78 is 19.5. The van der Waals surface area contributed by atoms with Gasteiger partial charge in [-0.25, -0.2) is 4.39 Å². The van der Waals surface area contributed by atoms with E-state index in [2.05, 4.69) is 0 Å². The Morgan fingerprint density at radius 3 is 2.20 bits per heavy atom. The summed E-state index contributed by atoms with van der Waals surface area (Å²) in [4.78, 5) is 0. The Labute approximate surface area is 119 Å². The van der Waals surface area contributed by atoms with Crippen molar-refractivity contribution in [2.45, 2.75) is 26.8 Å². The molecule has 2 N–H and O–H groups in total. The zero-order valence-corrected chi connectivity index (χ0v) is 12.3. The average molecular weight is 273 g/mol. The van der Waals surface area contributed by atoms with Crippen molar-refractivity contribution in [2.24, 2.45) is 5.73 Å². The number of benzene rings is 2. The van der Waals surface area contributed by atoms with Gasteiger partial charge in [-0.1, -0.05) is 30.3 Å². The van der Waals surface area contributed by atoms with E-state index in [1.807, 2.05) is 32.0 Å². The summed E-state index contributed by atoms with van der Waals surface area (Å²) in [5.41, 5.74) is 10.3. The second-order valence-electron chi connectivity index (χ2n) is 5.14. The Morgan fingerprint density at radius 1 is 1.05 bits per heavy atom. The Balaban J connectivity index is 2.49. The van der Waals surface area contributed by atoms with Gasteiger partial charge in [0.2, 0.25) is 0 Å². The van der Waals surface area contributed by atoms with Crippen molar-refractivity contribution in [3.63, 3.8) is 0 Å². The van der Waals surface area contributed by atoms with Crippen molar-refractivity contribution in [2.75, 3.05) is 7.11 Å². The lowest BCUT2D eigenvalue weighted by Gasteiger charge is -2.18. The number of halogens is 1. The van der Waals surface area contributed by atoms with E-state index in [1.165, 1.54) is 0 Å². The zero-order valence-electron chi connectivity index (χ0n) is 12.3. The molecule has 2 aromatic rings. The third kappa shape index (κ3) is 2.54. The van der Waals surface area contributed by atoms with Crippen molar-refractivity contribution < 1.29 is 9.13 Å². The fraction of sp³-hybridized carbons (Fsp3) is 0.294. The van der Waals surface area contributed by atoms with Gasteiger partial charge in [0.1, 0.15) is 11.6 Å². The van der Waals surface area contributed by atoms with Crippen LogP contribution >= 0.6 is 0 Å². The predicted molar refractivity (Wildman–Crippen MR) is 79.6 cm³/mol. The van der Waals surface area contributed by atoms with Crippen molar-refractivity contribution in [3.05, 3.63) is 64.0 Å². The van der Waals surface area contributed by atoms with Gasteiger partial charge in [0.05, 0.1) is 13.2 Å². The maximum absolute atomic E-state index is 14.2. The van der Waals surface area contributed by atoms with Gasteiger partial charge >= 0.3 is 0 Å². The van der Waals surface area contributed by atoms with Crippen LogP contribution < -0.4 is 10.5 Å². The summed E-state index contributed by atoms with van der Waals surface area (Å²) >= 11 is 0. The van der Waals surface area contributed by atoms with Gasteiger partial charge in [0.15, 0.2) is 0 Å². The van der Waals surface area contributed by atoms with Crippen LogP contribution in [0.2, 0.25) is 0 Å². The summed E-state index contributed by atoms with van der Waals surface area (Å²) in [6.07, 6.45) is 0. The lowest BCUT2D eigenvalue weighted by Crippen LogP contribution is -2.15. The molecule has 2 rings (SSSR count). The first kappa shape index (κ1) is 14.5. The fourth-order valence-electron chi connectivity index (χ4n) is 2.58. The first-order valence-electron chi connectivity index (χ1n) is 6.61. The van der Waals surface area contributed by atoms with Gasteiger partial charge in [-0.15, -0.1) is 0 Å². The van der Waals surface area contributed by atoms with Crippen LogP contribution in [0.25, 0.3) is 0 Å². The van der Waals surface area contributed by atoms with Crippen LogP contribution in [0.3, 0.4) is 0 Å². The third-order valence-corrected chi connectivity index (χ3v) is 3.60. The van der Waals surface area contributed by atoms with Crippen LogP contribution in [0.4, 0.5) is 4.39 Å². The normalized spacial score (nSPS) is 12.3. The molecule has 20 heavy (non-hydrogen) atoms. The fourth-order valence-corrected chi connectivity index (χ4v) is 2.58. The molecule has 0 fully saturated rings. The molecule has 0 saturated carbocycles. The van der Waals surface area contributed by atoms with Crippen LogP contribution in [0.5, 0.6) is 5.75 Å². The minimum Gasteiger partial charge on any atom is -0.496 e. The average Bonchev–Trinajstić information content (AvgIpc) is 2.41.